The molecule has 1 amide bonds. The van der Waals surface area contributed by atoms with E-state index in [-0.39, 0.29) is 18.1 Å². The maximum absolute atomic E-state index is 11.7. The van der Waals surface area contributed by atoms with E-state index >= 15 is 0 Å². The first kappa shape index (κ1) is 13.7. The van der Waals surface area contributed by atoms with Gasteiger partial charge < -0.3 is 10.1 Å². The van der Waals surface area contributed by atoms with Crippen molar-refractivity contribution in [1.82, 2.24) is 5.32 Å². The molecule has 21 heavy (non-hydrogen) atoms. The zero-order chi connectivity index (χ0) is 14.8. The Hall–Kier alpha value is -2.29. The van der Waals surface area contributed by atoms with E-state index in [0.29, 0.717) is 6.61 Å². The highest BCUT2D eigenvalue weighted by Gasteiger charge is 2.28. The quantitative estimate of drug-likeness (QED) is 0.925. The van der Waals surface area contributed by atoms with E-state index in [1.54, 1.807) is 0 Å². The lowest BCUT2D eigenvalue weighted by atomic mass is 9.98. The third-order valence-corrected chi connectivity index (χ3v) is 3.75. The number of rotatable bonds is 3. The van der Waals surface area contributed by atoms with Crippen LogP contribution < -0.4 is 5.32 Å². The maximum atomic E-state index is 11.7. The number of hydrogen-bond donors (Lipinski definition) is 1. The minimum Gasteiger partial charge on any atom is -0.449 e. The summed E-state index contributed by atoms with van der Waals surface area (Å²) in [4.78, 5) is 11.7. The SMILES string of the molecule is CC(C)NC(=O)OCC1c2ccccc2-c2ccccc21. The molecule has 0 aliphatic heterocycles. The van der Waals surface area contributed by atoms with Crippen molar-refractivity contribution in [2.24, 2.45) is 0 Å². The van der Waals surface area contributed by atoms with Gasteiger partial charge in [-0.25, -0.2) is 4.79 Å². The van der Waals surface area contributed by atoms with E-state index in [1.165, 1.54) is 22.3 Å². The topological polar surface area (TPSA) is 38.3 Å². The average molecular weight is 281 g/mol. The van der Waals surface area contributed by atoms with Crippen molar-refractivity contribution in [1.29, 1.82) is 0 Å². The van der Waals surface area contributed by atoms with Crippen molar-refractivity contribution < 1.29 is 9.53 Å². The van der Waals surface area contributed by atoms with Crippen molar-refractivity contribution >= 4 is 6.09 Å². The Morgan fingerprint density at radius 2 is 1.57 bits per heavy atom. The summed E-state index contributed by atoms with van der Waals surface area (Å²) in [6, 6.07) is 16.7. The van der Waals surface area contributed by atoms with Gasteiger partial charge in [-0.05, 0) is 36.1 Å². The largest absolute Gasteiger partial charge is 0.449 e. The molecule has 3 nitrogen and oxygen atoms in total. The number of alkyl carbamates (subject to hydrolysis) is 1. The van der Waals surface area contributed by atoms with Crippen molar-refractivity contribution in [3.63, 3.8) is 0 Å². The molecule has 2 aromatic rings. The van der Waals surface area contributed by atoms with E-state index in [0.717, 1.165) is 0 Å². The number of benzene rings is 2. The second-order valence-electron chi connectivity index (χ2n) is 5.62. The zero-order valence-electron chi connectivity index (χ0n) is 12.3. The van der Waals surface area contributed by atoms with Crippen molar-refractivity contribution in [3.8, 4) is 11.1 Å². The lowest BCUT2D eigenvalue weighted by molar-refractivity contribution is 0.140. The minimum atomic E-state index is -0.355. The Morgan fingerprint density at radius 3 is 2.10 bits per heavy atom. The fraction of sp³-hybridized carbons (Fsp3) is 0.278. The molecule has 3 heteroatoms. The number of nitrogens with one attached hydrogen (secondary N) is 1. The minimum absolute atomic E-state index is 0.0839. The van der Waals surface area contributed by atoms with Gasteiger partial charge in [0.15, 0.2) is 0 Å². The second kappa shape index (κ2) is 5.60. The van der Waals surface area contributed by atoms with Crippen molar-refractivity contribution in [3.05, 3.63) is 59.7 Å². The summed E-state index contributed by atoms with van der Waals surface area (Å²) in [6.07, 6.45) is -0.355. The standard InChI is InChI=1S/C18H19NO2/c1-12(2)19-18(20)21-11-17-15-9-5-3-7-13(15)14-8-4-6-10-16(14)17/h3-10,12,17H,11H2,1-2H3,(H,19,20). The van der Waals surface area contributed by atoms with E-state index in [9.17, 15) is 4.79 Å². The smallest absolute Gasteiger partial charge is 0.407 e. The van der Waals surface area contributed by atoms with Gasteiger partial charge >= 0.3 is 6.09 Å². The van der Waals surface area contributed by atoms with Crippen LogP contribution in [0.1, 0.15) is 30.9 Å². The molecular weight excluding hydrogens is 262 g/mol. The van der Waals surface area contributed by atoms with Gasteiger partial charge in [-0.15, -0.1) is 0 Å². The summed E-state index contributed by atoms with van der Waals surface area (Å²) in [5, 5.41) is 2.75. The van der Waals surface area contributed by atoms with Crippen LogP contribution in [0.4, 0.5) is 4.79 Å². The van der Waals surface area contributed by atoms with Crippen LogP contribution in [-0.4, -0.2) is 18.7 Å². The summed E-state index contributed by atoms with van der Waals surface area (Å²) in [5.41, 5.74) is 4.95. The van der Waals surface area contributed by atoms with Crippen LogP contribution >= 0.6 is 0 Å². The van der Waals surface area contributed by atoms with Crippen molar-refractivity contribution in [2.75, 3.05) is 6.61 Å². The number of amides is 1. The van der Waals surface area contributed by atoms with Crippen LogP contribution in [0.25, 0.3) is 11.1 Å². The number of carbonyl (C=O) groups excluding carboxylic acids is 1. The Bertz CT molecular complexity index is 618. The van der Waals surface area contributed by atoms with Gasteiger partial charge in [0.25, 0.3) is 0 Å². The fourth-order valence-corrected chi connectivity index (χ4v) is 2.88. The Balaban J connectivity index is 1.84. The number of carbonyl (C=O) groups is 1. The summed E-state index contributed by atoms with van der Waals surface area (Å²) in [5.74, 6) is 0.121. The molecule has 1 aliphatic carbocycles. The van der Waals surface area contributed by atoms with Crippen LogP contribution in [0, 0.1) is 0 Å². The first-order valence-corrected chi connectivity index (χ1v) is 7.28. The van der Waals surface area contributed by atoms with E-state index in [2.05, 4.69) is 29.6 Å². The predicted octanol–water partition coefficient (Wildman–Crippen LogP) is 3.93. The molecule has 0 aromatic heterocycles. The van der Waals surface area contributed by atoms with Crippen LogP contribution in [0.15, 0.2) is 48.5 Å². The molecule has 0 bridgehead atoms. The molecule has 0 spiro atoms. The summed E-state index contributed by atoms with van der Waals surface area (Å²) >= 11 is 0. The van der Waals surface area contributed by atoms with Gasteiger partial charge in [-0.3, -0.25) is 0 Å². The normalized spacial score (nSPS) is 12.9. The van der Waals surface area contributed by atoms with Crippen LogP contribution in [0.3, 0.4) is 0 Å². The first-order chi connectivity index (χ1) is 10.2. The van der Waals surface area contributed by atoms with Crippen LogP contribution in [0.2, 0.25) is 0 Å². The first-order valence-electron chi connectivity index (χ1n) is 7.28. The summed E-state index contributed by atoms with van der Waals surface area (Å²) < 4.78 is 5.40. The lowest BCUT2D eigenvalue weighted by Crippen LogP contribution is -2.31. The fourth-order valence-electron chi connectivity index (χ4n) is 2.88. The molecule has 0 atom stereocenters. The van der Waals surface area contributed by atoms with Gasteiger partial charge in [0.1, 0.15) is 6.61 Å². The highest BCUT2D eigenvalue weighted by molar-refractivity contribution is 5.79. The summed E-state index contributed by atoms with van der Waals surface area (Å²) in [6.45, 7) is 4.20. The van der Waals surface area contributed by atoms with Gasteiger partial charge in [0, 0.05) is 12.0 Å². The number of ether oxygens (including phenoxy) is 1. The molecule has 108 valence electrons. The van der Waals surface area contributed by atoms with E-state index in [1.807, 2.05) is 38.1 Å². The Kier molecular flexibility index (Phi) is 3.65. The predicted molar refractivity (Wildman–Crippen MR) is 83.3 cm³/mol. The molecule has 3 rings (SSSR count). The molecule has 0 saturated heterocycles. The lowest BCUT2D eigenvalue weighted by Gasteiger charge is -2.15. The molecule has 1 N–H and O–H groups in total. The summed E-state index contributed by atoms with van der Waals surface area (Å²) in [7, 11) is 0. The van der Waals surface area contributed by atoms with E-state index in [4.69, 9.17) is 4.74 Å². The third kappa shape index (κ3) is 2.64. The monoisotopic (exact) mass is 281 g/mol. The molecular formula is C18H19NO2. The Labute approximate surface area is 124 Å². The van der Waals surface area contributed by atoms with Crippen LogP contribution in [-0.2, 0) is 4.74 Å². The number of fused-ring (bicyclic) bond motifs is 3. The van der Waals surface area contributed by atoms with Gasteiger partial charge in [-0.1, -0.05) is 48.5 Å². The molecule has 1 aliphatic rings. The zero-order valence-corrected chi connectivity index (χ0v) is 12.3. The number of hydrogen-bond acceptors (Lipinski definition) is 2. The molecule has 0 radical (unpaired) electrons. The van der Waals surface area contributed by atoms with Gasteiger partial charge in [0.2, 0.25) is 0 Å². The highest BCUT2D eigenvalue weighted by Crippen LogP contribution is 2.44. The Morgan fingerprint density at radius 1 is 1.05 bits per heavy atom. The molecule has 0 unspecified atom stereocenters. The highest BCUT2D eigenvalue weighted by atomic mass is 16.5. The maximum Gasteiger partial charge on any atom is 0.407 e. The van der Waals surface area contributed by atoms with Gasteiger partial charge in [0.05, 0.1) is 0 Å². The van der Waals surface area contributed by atoms with Crippen molar-refractivity contribution in [2.45, 2.75) is 25.8 Å². The second-order valence-corrected chi connectivity index (χ2v) is 5.62. The van der Waals surface area contributed by atoms with Gasteiger partial charge in [-0.2, -0.15) is 0 Å². The molecule has 2 aromatic carbocycles. The third-order valence-electron chi connectivity index (χ3n) is 3.75. The van der Waals surface area contributed by atoms with E-state index < -0.39 is 0 Å². The molecule has 0 heterocycles. The molecule has 0 saturated carbocycles. The average Bonchev–Trinajstić information content (AvgIpc) is 2.79. The van der Waals surface area contributed by atoms with Crippen LogP contribution in [0.5, 0.6) is 0 Å². The molecule has 0 fully saturated rings.